The molecule has 13 fully saturated rings. The minimum atomic E-state index is 0.918. The summed E-state index contributed by atoms with van der Waals surface area (Å²) in [5, 5.41) is 0. The van der Waals surface area contributed by atoms with Crippen LogP contribution in [0.15, 0.2) is 11.6 Å². The fourth-order valence-corrected chi connectivity index (χ4v) is 24.4. The number of hydrogen-bond donors (Lipinski definition) is 0. The maximum Gasteiger partial charge on any atom is 0.0133 e. The number of hydrogen-bond acceptors (Lipinski definition) is 1. The van der Waals surface area contributed by atoms with E-state index in [0.717, 1.165) is 131 Å². The van der Waals surface area contributed by atoms with E-state index in [1.54, 1.807) is 193 Å². The Balaban J connectivity index is 0.741. The summed E-state index contributed by atoms with van der Waals surface area (Å²) in [4.78, 5) is 3.33. The molecule has 1 saturated heterocycles. The Labute approximate surface area is 414 Å². The lowest BCUT2D eigenvalue weighted by atomic mass is 9.39. The van der Waals surface area contributed by atoms with Crippen molar-refractivity contribution in [3.05, 3.63) is 11.6 Å². The molecule has 12 aliphatic carbocycles. The lowest BCUT2D eigenvalue weighted by molar-refractivity contribution is -0.174. The van der Waals surface area contributed by atoms with Gasteiger partial charge in [-0.3, -0.25) is 4.90 Å². The molecule has 0 aromatic carbocycles. The van der Waals surface area contributed by atoms with Crippen LogP contribution in [0.3, 0.4) is 0 Å². The second-order valence-corrected chi connectivity index (χ2v) is 28.8. The molecule has 376 valence electrons. The van der Waals surface area contributed by atoms with Crippen LogP contribution >= 0.6 is 0 Å². The molecule has 1 heterocycles. The molecule has 67 heavy (non-hydrogen) atoms. The Morgan fingerprint density at radius 1 is 0.254 bits per heavy atom. The predicted octanol–water partition coefficient (Wildman–Crippen LogP) is 18.6. The van der Waals surface area contributed by atoms with Crippen molar-refractivity contribution in [1.82, 2.24) is 4.90 Å². The summed E-state index contributed by atoms with van der Waals surface area (Å²) in [7, 11) is 0. The number of likely N-dealkylation sites (tertiary alicyclic amines) is 1. The Hall–Kier alpha value is -0.300. The van der Waals surface area contributed by atoms with Crippen LogP contribution in [0, 0.1) is 112 Å². The third-order valence-corrected chi connectivity index (χ3v) is 26.4. The monoisotopic (exact) mass is 914 g/mol. The van der Waals surface area contributed by atoms with Gasteiger partial charge in [0.25, 0.3) is 0 Å². The Morgan fingerprint density at radius 2 is 0.552 bits per heavy atom. The Kier molecular flexibility index (Phi) is 14.5. The molecule has 12 unspecified atom stereocenters. The van der Waals surface area contributed by atoms with Gasteiger partial charge in [0.15, 0.2) is 0 Å². The predicted molar refractivity (Wildman–Crippen MR) is 282 cm³/mol. The van der Waals surface area contributed by atoms with Crippen molar-refractivity contribution in [3.63, 3.8) is 0 Å². The van der Waals surface area contributed by atoms with E-state index >= 15 is 0 Å². The molecule has 1 aliphatic heterocycles. The largest absolute Gasteiger partial charge is 0.294 e. The van der Waals surface area contributed by atoms with Crippen LogP contribution < -0.4 is 0 Å². The van der Waals surface area contributed by atoms with Crippen molar-refractivity contribution in [2.24, 2.45) is 112 Å². The van der Waals surface area contributed by atoms with Crippen molar-refractivity contribution < 1.29 is 0 Å². The van der Waals surface area contributed by atoms with Crippen LogP contribution in [0.2, 0.25) is 0 Å². The number of fused-ring (bicyclic) bond motifs is 7. The first-order valence-corrected chi connectivity index (χ1v) is 32.8. The molecule has 0 bridgehead atoms. The van der Waals surface area contributed by atoms with E-state index in [-0.39, 0.29) is 0 Å². The quantitative estimate of drug-likeness (QED) is 0.230. The first-order valence-electron chi connectivity index (χ1n) is 32.8. The third-order valence-electron chi connectivity index (χ3n) is 26.4. The molecule has 0 amide bonds. The van der Waals surface area contributed by atoms with Crippen LogP contribution in [0.5, 0.6) is 0 Å². The minimum Gasteiger partial charge on any atom is -0.294 e. The first kappa shape index (κ1) is 46.5. The van der Waals surface area contributed by atoms with E-state index in [0.29, 0.717) is 0 Å². The lowest BCUT2D eigenvalue weighted by Gasteiger charge is -2.66. The maximum absolute atomic E-state index is 3.33. The van der Waals surface area contributed by atoms with Gasteiger partial charge in [-0.2, -0.15) is 0 Å². The summed E-state index contributed by atoms with van der Waals surface area (Å²) in [5.41, 5.74) is 2.03. The number of rotatable bonds is 7. The van der Waals surface area contributed by atoms with Gasteiger partial charge in [-0.1, -0.05) is 127 Å². The average molecular weight is 915 g/mol. The standard InChI is InChI=1S/C66H107N/c1-3-19-45(20-4-1)60(46-21-5-2-6-22-46)43-44-35-37-47(38-36-44)63-52-25-7-11-29-56(52)65(57-30-12-8-26-53(57)63)66-58-31-13-9-27-54(58)64(55-28-10-14-32-59(55)66)48-39-41-49(42-40-48)67-61-33-17-15-23-50(61)51-24-16-18-34-62(51)67/h43-59,61-66H,1-42H2. The van der Waals surface area contributed by atoms with Crippen molar-refractivity contribution in [2.45, 2.75) is 288 Å². The molecule has 0 radical (unpaired) electrons. The Morgan fingerprint density at radius 3 is 0.925 bits per heavy atom. The molecule has 0 aromatic heterocycles. The van der Waals surface area contributed by atoms with Crippen LogP contribution in [0.1, 0.15) is 270 Å². The highest BCUT2D eigenvalue weighted by molar-refractivity contribution is 5.16. The molecular weight excluding hydrogens is 807 g/mol. The fourth-order valence-electron chi connectivity index (χ4n) is 24.4. The van der Waals surface area contributed by atoms with Crippen LogP contribution in [0.25, 0.3) is 0 Å². The fraction of sp³-hybridized carbons (Fsp3) is 0.970. The summed E-state index contributed by atoms with van der Waals surface area (Å²) in [6, 6.07) is 2.91. The lowest BCUT2D eigenvalue weighted by Crippen LogP contribution is -2.60. The first-order chi connectivity index (χ1) is 33.3. The molecule has 12 atom stereocenters. The van der Waals surface area contributed by atoms with Crippen LogP contribution in [-0.2, 0) is 0 Å². The molecule has 0 aromatic rings. The van der Waals surface area contributed by atoms with E-state index in [9.17, 15) is 0 Å². The summed E-state index contributed by atoms with van der Waals surface area (Å²) >= 11 is 0. The zero-order valence-electron chi connectivity index (χ0n) is 43.9. The van der Waals surface area contributed by atoms with Gasteiger partial charge in [-0.05, 0) is 267 Å². The highest BCUT2D eigenvalue weighted by Gasteiger charge is 2.62. The summed E-state index contributed by atoms with van der Waals surface area (Å²) < 4.78 is 0. The topological polar surface area (TPSA) is 3.24 Å². The van der Waals surface area contributed by atoms with Crippen molar-refractivity contribution >= 4 is 0 Å². The third kappa shape index (κ3) is 8.84. The van der Waals surface area contributed by atoms with Gasteiger partial charge in [-0.25, -0.2) is 0 Å². The zero-order chi connectivity index (χ0) is 44.3. The van der Waals surface area contributed by atoms with Gasteiger partial charge < -0.3 is 0 Å². The van der Waals surface area contributed by atoms with Crippen LogP contribution in [0.4, 0.5) is 0 Å². The SMILES string of the molecule is C(=C(C1CCCCC1)C1CCCCC1)C1CCC(C2C3CCCCC3C(C3C4CCCCC4C(C4CCC(N5C6CCCCC6C6CCCCC65)CC4)C4CCCCC43)C3CCCCC32)CC1. The van der Waals surface area contributed by atoms with Gasteiger partial charge in [0.1, 0.15) is 0 Å². The minimum absolute atomic E-state index is 0.918. The normalized spacial score (nSPS) is 50.1. The van der Waals surface area contributed by atoms with Crippen molar-refractivity contribution in [2.75, 3.05) is 0 Å². The highest BCUT2D eigenvalue weighted by Crippen LogP contribution is 2.68. The van der Waals surface area contributed by atoms with E-state index in [4.69, 9.17) is 0 Å². The molecule has 1 nitrogen and oxygen atoms in total. The molecule has 0 N–H and O–H groups in total. The number of allylic oxidation sites excluding steroid dienone is 2. The molecule has 0 spiro atoms. The van der Waals surface area contributed by atoms with E-state index in [1.807, 2.05) is 5.57 Å². The highest BCUT2D eigenvalue weighted by atomic mass is 15.3. The molecular formula is C66H107N. The van der Waals surface area contributed by atoms with Crippen molar-refractivity contribution in [1.29, 1.82) is 0 Å². The van der Waals surface area contributed by atoms with E-state index in [1.165, 1.54) is 77.0 Å². The zero-order valence-corrected chi connectivity index (χ0v) is 43.9. The molecule has 13 rings (SSSR count). The average Bonchev–Trinajstić information content (AvgIpc) is 3.74. The van der Waals surface area contributed by atoms with Gasteiger partial charge in [-0.15, -0.1) is 0 Å². The summed E-state index contributed by atoms with van der Waals surface area (Å²) in [5.74, 6) is 20.4. The smallest absolute Gasteiger partial charge is 0.0133 e. The summed E-state index contributed by atoms with van der Waals surface area (Å²) in [6.45, 7) is 0. The van der Waals surface area contributed by atoms with Gasteiger partial charge in [0.2, 0.25) is 0 Å². The molecule has 1 heteroatoms. The van der Waals surface area contributed by atoms with E-state index in [2.05, 4.69) is 11.0 Å². The Bertz CT molecular complexity index is 1520. The van der Waals surface area contributed by atoms with Crippen LogP contribution in [-0.4, -0.2) is 23.0 Å². The second-order valence-electron chi connectivity index (χ2n) is 28.8. The molecule has 13 aliphatic rings. The van der Waals surface area contributed by atoms with Gasteiger partial charge in [0.05, 0.1) is 0 Å². The number of nitrogens with zero attached hydrogens (tertiary/aromatic N) is 1. The summed E-state index contributed by atoms with van der Waals surface area (Å²) in [6.07, 6.45) is 69.3. The van der Waals surface area contributed by atoms with Crippen molar-refractivity contribution in [3.8, 4) is 0 Å². The van der Waals surface area contributed by atoms with Gasteiger partial charge >= 0.3 is 0 Å². The van der Waals surface area contributed by atoms with Gasteiger partial charge in [0, 0.05) is 18.1 Å². The second kappa shape index (κ2) is 20.9. The maximum atomic E-state index is 3.33. The molecule has 12 saturated carbocycles. The van der Waals surface area contributed by atoms with E-state index < -0.39 is 0 Å².